The van der Waals surface area contributed by atoms with Crippen LogP contribution in [-0.2, 0) is 21.4 Å². The van der Waals surface area contributed by atoms with Gasteiger partial charge >= 0.3 is 10.2 Å². The van der Waals surface area contributed by atoms with E-state index in [-0.39, 0.29) is 17.0 Å². The van der Waals surface area contributed by atoms with Crippen LogP contribution in [0.2, 0.25) is 0 Å². The smallest absolute Gasteiger partial charge is 0.326 e. The highest BCUT2D eigenvalue weighted by Crippen LogP contribution is 2.38. The van der Waals surface area contributed by atoms with Crippen LogP contribution in [0.4, 0.5) is 18.9 Å². The zero-order valence-corrected chi connectivity index (χ0v) is 13.1. The van der Waals surface area contributed by atoms with Gasteiger partial charge in [0, 0.05) is 5.56 Å². The van der Waals surface area contributed by atoms with Gasteiger partial charge in [-0.05, 0) is 18.2 Å². The van der Waals surface area contributed by atoms with Crippen molar-refractivity contribution in [3.63, 3.8) is 0 Å². The van der Waals surface area contributed by atoms with Crippen LogP contribution >= 0.6 is 0 Å². The van der Waals surface area contributed by atoms with Crippen molar-refractivity contribution in [3.8, 4) is 17.0 Å². The number of hydrogen-bond acceptors (Lipinski definition) is 5. The number of benzene rings is 1. The van der Waals surface area contributed by atoms with E-state index < -0.39 is 52.8 Å². The van der Waals surface area contributed by atoms with Crippen LogP contribution in [0.3, 0.4) is 0 Å². The molecule has 0 unspecified atom stereocenters. The van der Waals surface area contributed by atoms with Crippen molar-refractivity contribution in [2.24, 2.45) is 0 Å². The second-order valence-electron chi connectivity index (χ2n) is 5.20. The first kappa shape index (κ1) is 17.1. The number of aromatic amines is 1. The van der Waals surface area contributed by atoms with Crippen molar-refractivity contribution in [2.45, 2.75) is 12.8 Å². The molecule has 1 aliphatic heterocycles. The molecule has 3 N–H and O–H groups in total. The lowest BCUT2D eigenvalue weighted by Crippen LogP contribution is -2.30. The van der Waals surface area contributed by atoms with Gasteiger partial charge in [-0.2, -0.15) is 13.5 Å². The van der Waals surface area contributed by atoms with Crippen LogP contribution in [-0.4, -0.2) is 42.6 Å². The van der Waals surface area contributed by atoms with Crippen molar-refractivity contribution in [1.82, 2.24) is 14.9 Å². The molecule has 0 spiro atoms. The molecule has 12 heteroatoms. The largest absolute Gasteiger partial charge is 0.506 e. The minimum absolute atomic E-state index is 0.00957. The minimum Gasteiger partial charge on any atom is -0.506 e. The highest BCUT2D eigenvalue weighted by molar-refractivity contribution is 7.92. The number of carbonyl (C=O) groups excluding carboxylic acids is 1. The van der Waals surface area contributed by atoms with E-state index >= 15 is 0 Å². The van der Waals surface area contributed by atoms with E-state index in [0.717, 1.165) is 12.1 Å². The summed E-state index contributed by atoms with van der Waals surface area (Å²) in [5.41, 5.74) is -0.911. The molecule has 0 aliphatic carbocycles. The number of phenolic OH excluding ortho intramolecular Hbond substituents is 1. The molecule has 0 saturated carbocycles. The second-order valence-corrected chi connectivity index (χ2v) is 6.79. The lowest BCUT2D eigenvalue weighted by molar-refractivity contribution is -0.117. The van der Waals surface area contributed by atoms with Crippen molar-refractivity contribution < 1.29 is 31.5 Å². The predicted molar refractivity (Wildman–Crippen MR) is 79.8 cm³/mol. The van der Waals surface area contributed by atoms with Gasteiger partial charge in [-0.25, -0.2) is 22.2 Å². The zero-order valence-electron chi connectivity index (χ0n) is 12.3. The molecule has 1 fully saturated rings. The third-order valence-corrected chi connectivity index (χ3v) is 4.83. The molecule has 1 aromatic carbocycles. The Bertz CT molecular complexity index is 945. The summed E-state index contributed by atoms with van der Waals surface area (Å²) in [4.78, 5) is 11.3. The average molecular weight is 376 g/mol. The van der Waals surface area contributed by atoms with Gasteiger partial charge in [0.25, 0.3) is 5.91 Å². The van der Waals surface area contributed by atoms with E-state index in [4.69, 9.17) is 0 Å². The number of nitrogens with one attached hydrogen (secondary N) is 2. The number of alkyl halides is 2. The van der Waals surface area contributed by atoms with Gasteiger partial charge in [-0.3, -0.25) is 9.89 Å². The third-order valence-electron chi connectivity index (χ3n) is 3.45. The number of anilines is 1. The lowest BCUT2D eigenvalue weighted by atomic mass is 10.1. The van der Waals surface area contributed by atoms with Gasteiger partial charge in [0.2, 0.25) is 6.43 Å². The highest BCUT2D eigenvalue weighted by Gasteiger charge is 2.38. The van der Waals surface area contributed by atoms with Crippen molar-refractivity contribution in [2.75, 3.05) is 10.8 Å². The molecule has 1 aromatic heterocycles. The van der Waals surface area contributed by atoms with E-state index in [0.29, 0.717) is 4.31 Å². The van der Waals surface area contributed by atoms with Crippen LogP contribution in [0.25, 0.3) is 11.3 Å². The van der Waals surface area contributed by atoms with E-state index in [9.17, 15) is 31.5 Å². The first-order valence-electron chi connectivity index (χ1n) is 6.86. The maximum Gasteiger partial charge on any atom is 0.326 e. The molecule has 2 aromatic rings. The van der Waals surface area contributed by atoms with Crippen molar-refractivity contribution in [3.05, 3.63) is 29.7 Å². The first-order chi connectivity index (χ1) is 11.7. The Balaban J connectivity index is 2.07. The first-order valence-corrected chi connectivity index (χ1v) is 8.30. The van der Waals surface area contributed by atoms with Crippen LogP contribution in [0, 0.1) is 5.82 Å². The standard InChI is InChI=1S/C13H11F3N4O4S/c14-10(15)4-6-3-8(18-17-6)7-1-2-9(21)13(12(7)16)20-5-11(22)19-25(20,23)24/h1-3,10,21H,4-5H2,(H,17,18)(H,19,22). The third kappa shape index (κ3) is 3.12. The quantitative estimate of drug-likeness (QED) is 0.734. The number of rotatable bonds is 4. The molecule has 1 aliphatic rings. The lowest BCUT2D eigenvalue weighted by Gasteiger charge is -2.18. The summed E-state index contributed by atoms with van der Waals surface area (Å²) in [6, 6.07) is 3.35. The second kappa shape index (κ2) is 5.95. The van der Waals surface area contributed by atoms with Gasteiger partial charge in [0.05, 0.1) is 17.8 Å². The summed E-state index contributed by atoms with van der Waals surface area (Å²) in [6.07, 6.45) is -3.27. The molecule has 3 rings (SSSR count). The number of halogens is 3. The van der Waals surface area contributed by atoms with Crippen molar-refractivity contribution in [1.29, 1.82) is 0 Å². The summed E-state index contributed by atoms with van der Waals surface area (Å²) < 4.78 is 65.3. The Morgan fingerprint density at radius 1 is 1.36 bits per heavy atom. The summed E-state index contributed by atoms with van der Waals surface area (Å²) in [5.74, 6) is -2.73. The molecule has 1 saturated heterocycles. The average Bonchev–Trinajstić information content (AvgIpc) is 3.03. The Morgan fingerprint density at radius 2 is 2.08 bits per heavy atom. The molecule has 1 amide bonds. The Morgan fingerprint density at radius 3 is 2.68 bits per heavy atom. The topological polar surface area (TPSA) is 115 Å². The number of amides is 1. The number of nitrogens with zero attached hydrogens (tertiary/aromatic N) is 2. The Kier molecular flexibility index (Phi) is 4.06. The molecule has 2 heterocycles. The SMILES string of the molecule is O=C1CN(c2c(O)ccc(-c3cc(CC(F)F)n[nH]3)c2F)S(=O)(=O)N1. The molecule has 134 valence electrons. The molecule has 0 radical (unpaired) electrons. The van der Waals surface area contributed by atoms with Gasteiger partial charge in [-0.1, -0.05) is 0 Å². The van der Waals surface area contributed by atoms with Crippen molar-refractivity contribution >= 4 is 21.8 Å². The number of aromatic hydroxyl groups is 1. The van der Waals surface area contributed by atoms with E-state index in [2.05, 4.69) is 10.2 Å². The zero-order chi connectivity index (χ0) is 18.4. The number of aromatic nitrogens is 2. The molecule has 8 nitrogen and oxygen atoms in total. The molecule has 25 heavy (non-hydrogen) atoms. The van der Waals surface area contributed by atoms with Crippen LogP contribution < -0.4 is 9.03 Å². The normalized spacial score (nSPS) is 16.5. The van der Waals surface area contributed by atoms with Gasteiger partial charge in [0.15, 0.2) is 5.82 Å². The molecule has 0 bridgehead atoms. The summed E-state index contributed by atoms with van der Waals surface area (Å²) >= 11 is 0. The summed E-state index contributed by atoms with van der Waals surface area (Å²) in [6.45, 7) is -0.699. The van der Waals surface area contributed by atoms with Gasteiger partial charge in [-0.15, -0.1) is 0 Å². The number of carbonyl (C=O) groups is 1. The Labute approximate surface area is 139 Å². The Hall–Kier alpha value is -2.76. The number of hydrogen-bond donors (Lipinski definition) is 3. The minimum atomic E-state index is -4.34. The maximum atomic E-state index is 14.8. The fourth-order valence-corrected chi connectivity index (χ4v) is 3.57. The molecular formula is C13H11F3N4O4S. The predicted octanol–water partition coefficient (Wildman–Crippen LogP) is 0.910. The van der Waals surface area contributed by atoms with E-state index in [1.54, 1.807) is 4.72 Å². The van der Waals surface area contributed by atoms with E-state index in [1.807, 2.05) is 0 Å². The highest BCUT2D eigenvalue weighted by atomic mass is 32.2. The van der Waals surface area contributed by atoms with Crippen LogP contribution in [0.5, 0.6) is 5.75 Å². The van der Waals surface area contributed by atoms with E-state index in [1.165, 1.54) is 6.07 Å². The fourth-order valence-electron chi connectivity index (χ4n) is 2.41. The number of phenols is 1. The van der Waals surface area contributed by atoms with Crippen LogP contribution in [0.15, 0.2) is 18.2 Å². The fraction of sp³-hybridized carbons (Fsp3) is 0.231. The van der Waals surface area contributed by atoms with Gasteiger partial charge in [0.1, 0.15) is 18.0 Å². The maximum absolute atomic E-state index is 14.8. The van der Waals surface area contributed by atoms with Gasteiger partial charge < -0.3 is 5.11 Å². The molecule has 0 atom stereocenters. The summed E-state index contributed by atoms with van der Waals surface area (Å²) in [5, 5.41) is 15.9. The number of H-pyrrole nitrogens is 1. The summed E-state index contributed by atoms with van der Waals surface area (Å²) in [7, 11) is -4.34. The van der Waals surface area contributed by atoms with Crippen LogP contribution in [0.1, 0.15) is 5.69 Å². The monoisotopic (exact) mass is 376 g/mol. The molecular weight excluding hydrogens is 365 g/mol.